The molecule has 3 aromatic carbocycles. The second-order valence-electron chi connectivity index (χ2n) is 7.14. The van der Waals surface area contributed by atoms with Gasteiger partial charge in [0.05, 0.1) is 5.69 Å². The zero-order valence-corrected chi connectivity index (χ0v) is 17.2. The number of hydrogen-bond acceptors (Lipinski definition) is 6. The molecule has 1 aliphatic heterocycles. The van der Waals surface area contributed by atoms with Gasteiger partial charge >= 0.3 is 5.97 Å². The summed E-state index contributed by atoms with van der Waals surface area (Å²) in [7, 11) is 0. The van der Waals surface area contributed by atoms with Crippen molar-refractivity contribution < 1.29 is 28.6 Å². The monoisotopic (exact) mass is 431 g/mol. The van der Waals surface area contributed by atoms with Crippen molar-refractivity contribution >= 4 is 23.3 Å². The molecule has 1 N–H and O–H groups in total. The molecule has 1 aliphatic rings. The Morgan fingerprint density at radius 2 is 1.62 bits per heavy atom. The van der Waals surface area contributed by atoms with E-state index in [1.165, 1.54) is 0 Å². The van der Waals surface area contributed by atoms with Crippen molar-refractivity contribution in [3.05, 3.63) is 89.5 Å². The summed E-state index contributed by atoms with van der Waals surface area (Å²) >= 11 is 0. The molecule has 162 valence electrons. The first-order chi connectivity index (χ1) is 15.6. The van der Waals surface area contributed by atoms with Crippen LogP contribution in [0.1, 0.15) is 27.9 Å². The molecule has 0 saturated heterocycles. The lowest BCUT2D eigenvalue weighted by Gasteiger charge is -2.11. The van der Waals surface area contributed by atoms with Crippen molar-refractivity contribution in [3.63, 3.8) is 0 Å². The van der Waals surface area contributed by atoms with Gasteiger partial charge in [0.2, 0.25) is 6.79 Å². The molecule has 3 aromatic rings. The minimum atomic E-state index is -0.519. The number of carbonyl (C=O) groups excluding carboxylic acids is 3. The number of ether oxygens (including phenoxy) is 3. The summed E-state index contributed by atoms with van der Waals surface area (Å²) in [5, 5.41) is 2.65. The van der Waals surface area contributed by atoms with Crippen LogP contribution in [0.5, 0.6) is 11.5 Å². The maximum absolute atomic E-state index is 12.8. The maximum atomic E-state index is 12.8. The van der Waals surface area contributed by atoms with E-state index in [1.807, 2.05) is 18.2 Å². The Hall–Kier alpha value is -4.13. The van der Waals surface area contributed by atoms with Crippen LogP contribution < -0.4 is 14.8 Å². The van der Waals surface area contributed by atoms with Gasteiger partial charge in [-0.1, -0.05) is 48.5 Å². The van der Waals surface area contributed by atoms with E-state index in [2.05, 4.69) is 5.32 Å². The van der Waals surface area contributed by atoms with E-state index in [-0.39, 0.29) is 19.0 Å². The van der Waals surface area contributed by atoms with Crippen LogP contribution >= 0.6 is 0 Å². The van der Waals surface area contributed by atoms with Crippen molar-refractivity contribution in [1.82, 2.24) is 0 Å². The molecule has 7 heteroatoms. The molecule has 7 nitrogen and oxygen atoms in total. The van der Waals surface area contributed by atoms with Crippen molar-refractivity contribution in [1.29, 1.82) is 0 Å². The molecule has 0 aliphatic carbocycles. The summed E-state index contributed by atoms with van der Waals surface area (Å²) < 4.78 is 15.7. The molecule has 0 spiro atoms. The van der Waals surface area contributed by atoms with E-state index < -0.39 is 18.5 Å². The Balaban J connectivity index is 1.29. The van der Waals surface area contributed by atoms with Gasteiger partial charge in [0, 0.05) is 17.5 Å². The van der Waals surface area contributed by atoms with Gasteiger partial charge in [-0.2, -0.15) is 0 Å². The van der Waals surface area contributed by atoms with E-state index in [1.54, 1.807) is 54.6 Å². The van der Waals surface area contributed by atoms with Crippen LogP contribution in [0.4, 0.5) is 5.69 Å². The number of nitrogens with one attached hydrogen (secondary N) is 1. The number of fused-ring (bicyclic) bond motifs is 1. The van der Waals surface area contributed by atoms with Crippen molar-refractivity contribution in [2.75, 3.05) is 18.7 Å². The van der Waals surface area contributed by atoms with Crippen molar-refractivity contribution in [3.8, 4) is 11.5 Å². The predicted molar refractivity (Wildman–Crippen MR) is 117 cm³/mol. The van der Waals surface area contributed by atoms with E-state index in [0.29, 0.717) is 34.7 Å². The number of amides is 1. The number of esters is 1. The third kappa shape index (κ3) is 5.13. The molecule has 0 fully saturated rings. The first-order valence-corrected chi connectivity index (χ1v) is 10.1. The maximum Gasteiger partial charge on any atom is 0.306 e. The first kappa shape index (κ1) is 21.1. The highest BCUT2D eigenvalue weighted by Crippen LogP contribution is 2.32. The van der Waals surface area contributed by atoms with Gasteiger partial charge in [-0.3, -0.25) is 14.4 Å². The number of anilines is 1. The molecule has 4 rings (SSSR count). The molecule has 32 heavy (non-hydrogen) atoms. The highest BCUT2D eigenvalue weighted by atomic mass is 16.7. The second-order valence-corrected chi connectivity index (χ2v) is 7.14. The molecule has 0 unspecified atom stereocenters. The van der Waals surface area contributed by atoms with Crippen LogP contribution in [0.25, 0.3) is 0 Å². The van der Waals surface area contributed by atoms with Crippen molar-refractivity contribution in [2.45, 2.75) is 12.8 Å². The zero-order chi connectivity index (χ0) is 22.3. The fourth-order valence-corrected chi connectivity index (χ4v) is 3.28. The van der Waals surface area contributed by atoms with Crippen LogP contribution in [-0.2, 0) is 20.7 Å². The standard InChI is InChI=1S/C25H21NO6/c27-23(15-30-24(28)13-11-17-10-12-21-22(14-17)32-16-31-21)26-20-9-5-4-8-19(20)25(29)18-6-2-1-3-7-18/h1-10,12,14H,11,13,15-16H2,(H,26,27). The summed E-state index contributed by atoms with van der Waals surface area (Å²) in [4.78, 5) is 37.1. The average Bonchev–Trinajstić information content (AvgIpc) is 3.30. The molecular weight excluding hydrogens is 410 g/mol. The topological polar surface area (TPSA) is 90.9 Å². The molecular formula is C25H21NO6. The van der Waals surface area contributed by atoms with Gasteiger partial charge in [-0.05, 0) is 36.2 Å². The van der Waals surface area contributed by atoms with Crippen LogP contribution in [-0.4, -0.2) is 31.1 Å². The van der Waals surface area contributed by atoms with Crippen LogP contribution in [0.2, 0.25) is 0 Å². The average molecular weight is 431 g/mol. The van der Waals surface area contributed by atoms with E-state index in [9.17, 15) is 14.4 Å². The third-order valence-corrected chi connectivity index (χ3v) is 4.90. The summed E-state index contributed by atoms with van der Waals surface area (Å²) in [6.45, 7) is -0.246. The number of rotatable bonds is 8. The Morgan fingerprint density at radius 3 is 2.47 bits per heavy atom. The summed E-state index contributed by atoms with van der Waals surface area (Å²) in [6, 6.07) is 21.0. The minimum Gasteiger partial charge on any atom is -0.456 e. The lowest BCUT2D eigenvalue weighted by Crippen LogP contribution is -2.22. The number of para-hydroxylation sites is 1. The summed E-state index contributed by atoms with van der Waals surface area (Å²) in [6.07, 6.45) is 0.571. The van der Waals surface area contributed by atoms with Gasteiger partial charge in [0.1, 0.15) is 0 Å². The number of carbonyl (C=O) groups is 3. The molecule has 0 atom stereocenters. The Labute approximate surface area is 184 Å². The largest absolute Gasteiger partial charge is 0.456 e. The van der Waals surface area contributed by atoms with Gasteiger partial charge in [0.15, 0.2) is 23.9 Å². The van der Waals surface area contributed by atoms with E-state index >= 15 is 0 Å². The quantitative estimate of drug-likeness (QED) is 0.431. The molecule has 0 aromatic heterocycles. The fraction of sp³-hybridized carbons (Fsp3) is 0.160. The number of hydrogen-bond donors (Lipinski definition) is 1. The molecule has 0 saturated carbocycles. The minimum absolute atomic E-state index is 0.121. The molecule has 1 amide bonds. The molecule has 1 heterocycles. The summed E-state index contributed by atoms with van der Waals surface area (Å²) in [5.41, 5.74) is 2.15. The van der Waals surface area contributed by atoms with Gasteiger partial charge in [-0.15, -0.1) is 0 Å². The highest BCUT2D eigenvalue weighted by Gasteiger charge is 2.16. The van der Waals surface area contributed by atoms with E-state index in [0.717, 1.165) is 5.56 Å². The predicted octanol–water partition coefficient (Wildman–Crippen LogP) is 3.76. The lowest BCUT2D eigenvalue weighted by atomic mass is 10.0. The van der Waals surface area contributed by atoms with Crippen LogP contribution in [0.3, 0.4) is 0 Å². The van der Waals surface area contributed by atoms with Crippen molar-refractivity contribution in [2.24, 2.45) is 0 Å². The number of benzene rings is 3. The van der Waals surface area contributed by atoms with Gasteiger partial charge in [-0.25, -0.2) is 0 Å². The summed E-state index contributed by atoms with van der Waals surface area (Å²) in [5.74, 6) is 0.112. The Kier molecular flexibility index (Phi) is 6.46. The second kappa shape index (κ2) is 9.78. The smallest absolute Gasteiger partial charge is 0.306 e. The highest BCUT2D eigenvalue weighted by molar-refractivity contribution is 6.13. The molecule has 0 radical (unpaired) electrons. The lowest BCUT2D eigenvalue weighted by molar-refractivity contribution is -0.147. The third-order valence-electron chi connectivity index (χ3n) is 4.90. The first-order valence-electron chi connectivity index (χ1n) is 10.1. The zero-order valence-electron chi connectivity index (χ0n) is 17.2. The molecule has 0 bridgehead atoms. The Morgan fingerprint density at radius 1 is 0.875 bits per heavy atom. The fourth-order valence-electron chi connectivity index (χ4n) is 3.28. The number of aryl methyl sites for hydroxylation is 1. The SMILES string of the molecule is O=C(COC(=O)CCc1ccc2c(c1)OCO2)Nc1ccccc1C(=O)c1ccccc1. The number of ketones is 1. The normalized spacial score (nSPS) is 11.6. The van der Waals surface area contributed by atoms with Crippen LogP contribution in [0.15, 0.2) is 72.8 Å². The van der Waals surface area contributed by atoms with Gasteiger partial charge < -0.3 is 19.5 Å². The van der Waals surface area contributed by atoms with Crippen LogP contribution in [0, 0.1) is 0 Å². The van der Waals surface area contributed by atoms with E-state index in [4.69, 9.17) is 14.2 Å². The Bertz CT molecular complexity index is 1140. The van der Waals surface area contributed by atoms with Gasteiger partial charge in [0.25, 0.3) is 5.91 Å².